The number of benzene rings is 1. The zero-order valence-corrected chi connectivity index (χ0v) is 17.7. The lowest BCUT2D eigenvalue weighted by atomic mass is 10.1. The average molecular weight is 398 g/mol. The number of hydrogen-bond donors (Lipinski definition) is 0. The van der Waals surface area contributed by atoms with E-state index in [1.165, 1.54) is 23.3 Å². The van der Waals surface area contributed by atoms with Gasteiger partial charge in [-0.15, -0.1) is 0 Å². The molecule has 2 saturated heterocycles. The molecular weight excluding hydrogens is 366 g/mol. The first kappa shape index (κ1) is 19.7. The first-order chi connectivity index (χ1) is 14.0. The van der Waals surface area contributed by atoms with Crippen molar-refractivity contribution in [3.63, 3.8) is 0 Å². The fourth-order valence-electron chi connectivity index (χ4n) is 4.56. The summed E-state index contributed by atoms with van der Waals surface area (Å²) in [7, 11) is 1.76. The molecule has 0 bridgehead atoms. The average Bonchev–Trinajstić information content (AvgIpc) is 3.28. The molecule has 0 radical (unpaired) electrons. The van der Waals surface area contributed by atoms with E-state index in [0.717, 1.165) is 44.0 Å². The van der Waals surface area contributed by atoms with Crippen molar-refractivity contribution >= 4 is 23.6 Å². The number of guanidine groups is 1. The van der Waals surface area contributed by atoms with Gasteiger partial charge in [0.2, 0.25) is 5.96 Å². The number of amides is 3. The Morgan fingerprint density at radius 1 is 1.10 bits per heavy atom. The highest BCUT2D eigenvalue weighted by Crippen LogP contribution is 2.33. The predicted molar refractivity (Wildman–Crippen MR) is 114 cm³/mol. The number of anilines is 1. The van der Waals surface area contributed by atoms with Crippen LogP contribution in [0.25, 0.3) is 0 Å². The summed E-state index contributed by atoms with van der Waals surface area (Å²) < 4.78 is 0. The van der Waals surface area contributed by atoms with Gasteiger partial charge in [-0.1, -0.05) is 44.7 Å². The van der Waals surface area contributed by atoms with Crippen LogP contribution in [0.4, 0.5) is 10.5 Å². The maximum absolute atomic E-state index is 13.3. The Bertz CT molecular complexity index is 823. The Morgan fingerprint density at radius 3 is 2.66 bits per heavy atom. The van der Waals surface area contributed by atoms with Crippen molar-refractivity contribution in [1.82, 2.24) is 14.7 Å². The Hall–Kier alpha value is -2.57. The molecule has 1 aromatic carbocycles. The standard InChI is InChI=1S/C22H31N5O2/c1-4-5-6-7-8-12-27-20(28)18-19(24(3)22(27)29)23-21-25(13-14-26(18)21)17-11-9-10-16(2)15-17/h9-11,15,18-19H,4-8,12-14H2,1-3H3. The quantitative estimate of drug-likeness (QED) is 0.664. The topological polar surface area (TPSA) is 59.5 Å². The van der Waals surface area contributed by atoms with Gasteiger partial charge in [0, 0.05) is 32.4 Å². The maximum atomic E-state index is 13.3. The van der Waals surface area contributed by atoms with Crippen LogP contribution in [0.3, 0.4) is 0 Å². The largest absolute Gasteiger partial charge is 0.328 e. The van der Waals surface area contributed by atoms with Crippen LogP contribution in [0.2, 0.25) is 0 Å². The SMILES string of the molecule is CCCCCCCN1C(=O)C2C(N=C3N(c4cccc(C)c4)CCN32)N(C)C1=O. The monoisotopic (exact) mass is 397 g/mol. The summed E-state index contributed by atoms with van der Waals surface area (Å²) in [6.07, 6.45) is 5.02. The molecule has 3 aliphatic heterocycles. The van der Waals surface area contributed by atoms with Gasteiger partial charge in [-0.2, -0.15) is 0 Å². The molecule has 1 aromatic rings. The van der Waals surface area contributed by atoms with Gasteiger partial charge in [0.05, 0.1) is 0 Å². The minimum Gasteiger partial charge on any atom is -0.325 e. The number of carbonyl (C=O) groups excluding carboxylic acids is 2. The summed E-state index contributed by atoms with van der Waals surface area (Å²) in [6.45, 7) is 6.29. The third kappa shape index (κ3) is 3.47. The number of likely N-dealkylation sites (N-methyl/N-ethyl adjacent to an activating group) is 1. The zero-order chi connectivity index (χ0) is 20.5. The van der Waals surface area contributed by atoms with E-state index in [-0.39, 0.29) is 11.9 Å². The van der Waals surface area contributed by atoms with Crippen molar-refractivity contribution in [3.05, 3.63) is 29.8 Å². The number of aliphatic imine (C=N–C) groups is 1. The molecular formula is C22H31N5O2. The molecule has 0 aliphatic carbocycles. The van der Waals surface area contributed by atoms with Crippen molar-refractivity contribution in [2.75, 3.05) is 31.6 Å². The molecule has 3 heterocycles. The lowest BCUT2D eigenvalue weighted by Crippen LogP contribution is -2.64. The number of nitrogens with zero attached hydrogens (tertiary/aromatic N) is 5. The third-order valence-electron chi connectivity index (χ3n) is 6.18. The smallest absolute Gasteiger partial charge is 0.325 e. The molecule has 0 saturated carbocycles. The summed E-state index contributed by atoms with van der Waals surface area (Å²) in [5, 5.41) is 0. The van der Waals surface area contributed by atoms with Crippen LogP contribution in [0, 0.1) is 6.92 Å². The molecule has 7 heteroatoms. The van der Waals surface area contributed by atoms with Crippen molar-refractivity contribution in [2.45, 2.75) is 58.2 Å². The molecule has 2 unspecified atom stereocenters. The Labute approximate surface area is 173 Å². The molecule has 0 aromatic heterocycles. The second-order valence-corrected chi connectivity index (χ2v) is 8.27. The van der Waals surface area contributed by atoms with Gasteiger partial charge in [0.25, 0.3) is 5.91 Å². The van der Waals surface area contributed by atoms with Crippen LogP contribution < -0.4 is 4.90 Å². The van der Waals surface area contributed by atoms with E-state index in [2.05, 4.69) is 41.8 Å². The molecule has 156 valence electrons. The molecule has 3 aliphatic rings. The van der Waals surface area contributed by atoms with E-state index < -0.39 is 12.2 Å². The maximum Gasteiger partial charge on any atom is 0.328 e. The van der Waals surface area contributed by atoms with Gasteiger partial charge in [0.1, 0.15) is 0 Å². The predicted octanol–water partition coefficient (Wildman–Crippen LogP) is 3.05. The van der Waals surface area contributed by atoms with E-state index >= 15 is 0 Å². The van der Waals surface area contributed by atoms with Crippen LogP contribution in [0.1, 0.15) is 44.6 Å². The van der Waals surface area contributed by atoms with Gasteiger partial charge < -0.3 is 14.7 Å². The summed E-state index contributed by atoms with van der Waals surface area (Å²) in [5.41, 5.74) is 2.27. The second-order valence-electron chi connectivity index (χ2n) is 8.27. The third-order valence-corrected chi connectivity index (χ3v) is 6.18. The molecule has 2 atom stereocenters. The van der Waals surface area contributed by atoms with Gasteiger partial charge in [-0.3, -0.25) is 9.69 Å². The molecule has 3 amide bonds. The first-order valence-electron chi connectivity index (χ1n) is 10.8. The summed E-state index contributed by atoms with van der Waals surface area (Å²) in [6, 6.07) is 7.68. The molecule has 7 nitrogen and oxygen atoms in total. The molecule has 2 fully saturated rings. The minimum atomic E-state index is -0.436. The normalized spacial score (nSPS) is 23.6. The number of unbranched alkanes of at least 4 members (excludes halogenated alkanes) is 4. The lowest BCUT2D eigenvalue weighted by molar-refractivity contribution is -0.137. The van der Waals surface area contributed by atoms with Gasteiger partial charge in [-0.05, 0) is 31.0 Å². The van der Waals surface area contributed by atoms with Crippen LogP contribution in [-0.2, 0) is 4.79 Å². The highest BCUT2D eigenvalue weighted by atomic mass is 16.2. The molecule has 29 heavy (non-hydrogen) atoms. The number of aryl methyl sites for hydroxylation is 1. The van der Waals surface area contributed by atoms with Gasteiger partial charge in [-0.25, -0.2) is 9.79 Å². The van der Waals surface area contributed by atoms with E-state index in [9.17, 15) is 9.59 Å². The number of fused-ring (bicyclic) bond motifs is 3. The van der Waals surface area contributed by atoms with E-state index in [4.69, 9.17) is 4.99 Å². The van der Waals surface area contributed by atoms with Crippen LogP contribution in [0.5, 0.6) is 0 Å². The van der Waals surface area contributed by atoms with Crippen LogP contribution >= 0.6 is 0 Å². The Morgan fingerprint density at radius 2 is 1.90 bits per heavy atom. The van der Waals surface area contributed by atoms with E-state index in [0.29, 0.717) is 6.54 Å². The lowest BCUT2D eigenvalue weighted by Gasteiger charge is -2.40. The van der Waals surface area contributed by atoms with E-state index in [1.807, 2.05) is 6.07 Å². The van der Waals surface area contributed by atoms with Crippen molar-refractivity contribution in [1.29, 1.82) is 0 Å². The van der Waals surface area contributed by atoms with Crippen molar-refractivity contribution in [3.8, 4) is 0 Å². The van der Waals surface area contributed by atoms with Crippen LogP contribution in [0.15, 0.2) is 29.3 Å². The summed E-state index contributed by atoms with van der Waals surface area (Å²) >= 11 is 0. The molecule has 0 N–H and O–H groups in total. The Kier molecular flexibility index (Phi) is 5.48. The minimum absolute atomic E-state index is 0.0987. The van der Waals surface area contributed by atoms with Gasteiger partial charge >= 0.3 is 6.03 Å². The first-order valence-corrected chi connectivity index (χ1v) is 10.8. The highest BCUT2D eigenvalue weighted by molar-refractivity contribution is 6.08. The van der Waals surface area contributed by atoms with Gasteiger partial charge in [0.15, 0.2) is 12.2 Å². The second kappa shape index (κ2) is 8.05. The number of urea groups is 1. The molecule has 0 spiro atoms. The summed E-state index contributed by atoms with van der Waals surface area (Å²) in [4.78, 5) is 38.3. The Balaban J connectivity index is 1.51. The number of hydrogen-bond acceptors (Lipinski definition) is 5. The fourth-order valence-corrected chi connectivity index (χ4v) is 4.56. The highest BCUT2D eigenvalue weighted by Gasteiger charge is 2.54. The van der Waals surface area contributed by atoms with Crippen molar-refractivity contribution in [2.24, 2.45) is 4.99 Å². The zero-order valence-electron chi connectivity index (χ0n) is 17.7. The van der Waals surface area contributed by atoms with E-state index in [1.54, 1.807) is 11.9 Å². The molecule has 4 rings (SSSR count). The number of rotatable bonds is 7. The fraction of sp³-hybridized carbons (Fsp3) is 0.591. The van der Waals surface area contributed by atoms with Crippen LogP contribution in [-0.4, -0.2) is 71.5 Å². The summed E-state index contributed by atoms with van der Waals surface area (Å²) in [5.74, 6) is 0.710. The van der Waals surface area contributed by atoms with Crippen molar-refractivity contribution < 1.29 is 9.59 Å². The number of carbonyl (C=O) groups is 2. The number of imide groups is 1.